The Balaban J connectivity index is 2.38. The second kappa shape index (κ2) is 4.56. The van der Waals surface area contributed by atoms with Crippen molar-refractivity contribution < 1.29 is 0 Å². The number of allylic oxidation sites excluding steroid dienone is 1. The first kappa shape index (κ1) is 9.66. The van der Waals surface area contributed by atoms with E-state index in [2.05, 4.69) is 29.8 Å². The molecule has 1 nitrogen and oxygen atoms in total. The van der Waals surface area contributed by atoms with E-state index in [1.165, 1.54) is 5.56 Å². The van der Waals surface area contributed by atoms with Crippen LogP contribution in [0.2, 0.25) is 0 Å². The van der Waals surface area contributed by atoms with Crippen LogP contribution in [0.1, 0.15) is 17.2 Å². The molecule has 0 aliphatic heterocycles. The fourth-order valence-corrected chi connectivity index (χ4v) is 1.57. The van der Waals surface area contributed by atoms with Crippen LogP contribution < -0.4 is 0 Å². The summed E-state index contributed by atoms with van der Waals surface area (Å²) in [6.07, 6.45) is 3.68. The fourth-order valence-electron chi connectivity index (χ4n) is 1.57. The number of hydrogen-bond acceptors (Lipinski definition) is 1. The van der Waals surface area contributed by atoms with Gasteiger partial charge in [0.1, 0.15) is 0 Å². The first-order valence-corrected chi connectivity index (χ1v) is 4.92. The maximum absolute atomic E-state index is 4.30. The molecule has 0 N–H and O–H groups in total. The normalized spacial score (nSPS) is 12.0. The molecule has 1 atom stereocenters. The molecule has 0 saturated carbocycles. The average molecular weight is 194 g/mol. The second-order valence-electron chi connectivity index (χ2n) is 3.29. The smallest absolute Gasteiger partial charge is 0.0595 e. The van der Waals surface area contributed by atoms with E-state index in [1.54, 1.807) is 6.20 Å². The first-order valence-electron chi connectivity index (χ1n) is 4.92. The van der Waals surface area contributed by atoms with Crippen LogP contribution in [0.5, 0.6) is 0 Å². The molecule has 0 saturated heterocycles. The molecule has 1 unspecified atom stereocenters. The van der Waals surface area contributed by atoms with Gasteiger partial charge in [-0.25, -0.2) is 0 Å². The van der Waals surface area contributed by atoms with Crippen molar-refractivity contribution in [2.45, 2.75) is 5.92 Å². The lowest BCUT2D eigenvalue weighted by atomic mass is 9.95. The highest BCUT2D eigenvalue weighted by atomic mass is 14.7. The fraction of sp³-hybridized carbons (Fsp3) is 0.0714. The molecule has 15 heavy (non-hydrogen) atoms. The SMILES string of the molecule is C=CC(c1ccccc1)c1[c]cccn1. The van der Waals surface area contributed by atoms with Gasteiger partial charge in [0.25, 0.3) is 0 Å². The molecule has 1 heteroatoms. The van der Waals surface area contributed by atoms with E-state index in [4.69, 9.17) is 0 Å². The highest BCUT2D eigenvalue weighted by molar-refractivity contribution is 5.31. The Bertz CT molecular complexity index is 380. The predicted octanol–water partition coefficient (Wildman–Crippen LogP) is 3.20. The number of pyridine rings is 1. The summed E-state index contributed by atoms with van der Waals surface area (Å²) in [5, 5.41) is 0. The number of aromatic nitrogens is 1. The average Bonchev–Trinajstić information content (AvgIpc) is 2.33. The maximum Gasteiger partial charge on any atom is 0.0595 e. The summed E-state index contributed by atoms with van der Waals surface area (Å²) in [5.41, 5.74) is 2.11. The number of benzene rings is 1. The number of rotatable bonds is 3. The van der Waals surface area contributed by atoms with Crippen molar-refractivity contribution in [3.8, 4) is 0 Å². The monoisotopic (exact) mass is 194 g/mol. The van der Waals surface area contributed by atoms with Crippen LogP contribution in [0.15, 0.2) is 61.3 Å². The van der Waals surface area contributed by atoms with E-state index >= 15 is 0 Å². The van der Waals surface area contributed by atoms with E-state index in [1.807, 2.05) is 36.4 Å². The topological polar surface area (TPSA) is 12.9 Å². The van der Waals surface area contributed by atoms with E-state index < -0.39 is 0 Å². The molecule has 0 aliphatic carbocycles. The Labute approximate surface area is 90.1 Å². The van der Waals surface area contributed by atoms with Crippen LogP contribution in [0, 0.1) is 6.07 Å². The highest BCUT2D eigenvalue weighted by Gasteiger charge is 2.10. The van der Waals surface area contributed by atoms with Gasteiger partial charge < -0.3 is 0 Å². The lowest BCUT2D eigenvalue weighted by Crippen LogP contribution is -1.99. The summed E-state index contributed by atoms with van der Waals surface area (Å²) in [7, 11) is 0. The Kier molecular flexibility index (Phi) is 2.93. The minimum absolute atomic E-state index is 0.132. The predicted molar refractivity (Wildman–Crippen MR) is 61.6 cm³/mol. The van der Waals surface area contributed by atoms with Crippen LogP contribution >= 0.6 is 0 Å². The third kappa shape index (κ3) is 2.13. The summed E-state index contributed by atoms with van der Waals surface area (Å²) in [5.74, 6) is 0.132. The van der Waals surface area contributed by atoms with Gasteiger partial charge in [-0.1, -0.05) is 42.5 Å². The Hall–Kier alpha value is -1.89. The summed E-state index contributed by atoms with van der Waals surface area (Å²) < 4.78 is 0. The van der Waals surface area contributed by atoms with Gasteiger partial charge in [0.2, 0.25) is 0 Å². The molecule has 2 aromatic rings. The Morgan fingerprint density at radius 2 is 2.00 bits per heavy atom. The molecule has 0 fully saturated rings. The first-order chi connectivity index (χ1) is 7.42. The molecule has 0 spiro atoms. The van der Waals surface area contributed by atoms with Crippen LogP contribution in [0.4, 0.5) is 0 Å². The van der Waals surface area contributed by atoms with Crippen LogP contribution in [0.25, 0.3) is 0 Å². The highest BCUT2D eigenvalue weighted by Crippen LogP contribution is 2.22. The van der Waals surface area contributed by atoms with Gasteiger partial charge in [-0.05, 0) is 11.6 Å². The van der Waals surface area contributed by atoms with Crippen molar-refractivity contribution in [3.63, 3.8) is 0 Å². The lowest BCUT2D eigenvalue weighted by Gasteiger charge is -2.11. The molecular formula is C14H12N. The molecule has 1 radical (unpaired) electrons. The van der Waals surface area contributed by atoms with Gasteiger partial charge in [0, 0.05) is 18.2 Å². The zero-order valence-corrected chi connectivity index (χ0v) is 8.43. The van der Waals surface area contributed by atoms with Crippen LogP contribution in [-0.4, -0.2) is 4.98 Å². The van der Waals surface area contributed by atoms with Gasteiger partial charge >= 0.3 is 0 Å². The van der Waals surface area contributed by atoms with E-state index in [9.17, 15) is 0 Å². The molecule has 2 rings (SSSR count). The Morgan fingerprint density at radius 3 is 2.60 bits per heavy atom. The van der Waals surface area contributed by atoms with Crippen molar-refractivity contribution in [1.82, 2.24) is 4.98 Å². The standard InChI is InChI=1S/C14H12N/c1-2-13(12-8-4-3-5-9-12)14-10-6-7-11-15-14/h2-9,11,13H,1H2. The third-order valence-electron chi connectivity index (χ3n) is 2.32. The summed E-state index contributed by atoms with van der Waals surface area (Å²) in [4.78, 5) is 4.30. The third-order valence-corrected chi connectivity index (χ3v) is 2.32. The van der Waals surface area contributed by atoms with Gasteiger partial charge in [-0.2, -0.15) is 0 Å². The van der Waals surface area contributed by atoms with Crippen molar-refractivity contribution in [3.05, 3.63) is 78.6 Å². The molecule has 0 bridgehead atoms. The number of hydrogen-bond donors (Lipinski definition) is 0. The van der Waals surface area contributed by atoms with E-state index in [0.717, 1.165) is 5.69 Å². The molecule has 0 aliphatic rings. The minimum atomic E-state index is 0.132. The van der Waals surface area contributed by atoms with Crippen LogP contribution in [0.3, 0.4) is 0 Å². The van der Waals surface area contributed by atoms with Crippen molar-refractivity contribution in [1.29, 1.82) is 0 Å². The van der Waals surface area contributed by atoms with Crippen molar-refractivity contribution in [2.75, 3.05) is 0 Å². The summed E-state index contributed by atoms with van der Waals surface area (Å²) in [6, 6.07) is 17.1. The molecular weight excluding hydrogens is 182 g/mol. The van der Waals surface area contributed by atoms with Crippen molar-refractivity contribution >= 4 is 0 Å². The quantitative estimate of drug-likeness (QED) is 0.684. The maximum atomic E-state index is 4.30. The van der Waals surface area contributed by atoms with Crippen molar-refractivity contribution in [2.24, 2.45) is 0 Å². The number of nitrogens with zero attached hydrogens (tertiary/aromatic N) is 1. The van der Waals surface area contributed by atoms with Gasteiger partial charge in [0.05, 0.1) is 5.69 Å². The van der Waals surface area contributed by atoms with E-state index in [-0.39, 0.29) is 5.92 Å². The summed E-state index contributed by atoms with van der Waals surface area (Å²) in [6.45, 7) is 3.85. The Morgan fingerprint density at radius 1 is 1.20 bits per heavy atom. The van der Waals surface area contributed by atoms with Gasteiger partial charge in [-0.3, -0.25) is 4.98 Å². The van der Waals surface area contributed by atoms with Crippen LogP contribution in [-0.2, 0) is 0 Å². The van der Waals surface area contributed by atoms with Gasteiger partial charge in [-0.15, -0.1) is 6.58 Å². The molecule has 1 aromatic carbocycles. The zero-order chi connectivity index (χ0) is 10.5. The largest absolute Gasteiger partial charge is 0.260 e. The zero-order valence-electron chi connectivity index (χ0n) is 8.43. The molecule has 1 heterocycles. The molecule has 0 amide bonds. The molecule has 1 aromatic heterocycles. The second-order valence-corrected chi connectivity index (χ2v) is 3.29. The van der Waals surface area contributed by atoms with Gasteiger partial charge in [0.15, 0.2) is 0 Å². The minimum Gasteiger partial charge on any atom is -0.260 e. The van der Waals surface area contributed by atoms with E-state index in [0.29, 0.717) is 0 Å². The lowest BCUT2D eigenvalue weighted by molar-refractivity contribution is 0.954. The molecule has 73 valence electrons. The summed E-state index contributed by atoms with van der Waals surface area (Å²) >= 11 is 0.